The van der Waals surface area contributed by atoms with Crippen molar-refractivity contribution in [1.29, 1.82) is 0 Å². The van der Waals surface area contributed by atoms with Gasteiger partial charge in [0.25, 0.3) is 0 Å². The Balaban J connectivity index is 1.50. The topological polar surface area (TPSA) is 46.9 Å². The minimum absolute atomic E-state index is 0.0364. The first-order valence-electron chi connectivity index (χ1n) is 8.06. The Morgan fingerprint density at radius 3 is 2.92 bits per heavy atom. The Morgan fingerprint density at radius 1 is 1.25 bits per heavy atom. The highest BCUT2D eigenvalue weighted by Crippen LogP contribution is 2.17. The van der Waals surface area contributed by atoms with Crippen molar-refractivity contribution in [3.8, 4) is 0 Å². The summed E-state index contributed by atoms with van der Waals surface area (Å²) in [6, 6.07) is 13.8. The molecule has 0 saturated heterocycles. The monoisotopic (exact) mass is 341 g/mol. The summed E-state index contributed by atoms with van der Waals surface area (Å²) in [6.45, 7) is 3.25. The molecule has 1 N–H and O–H groups in total. The molecule has 0 fully saturated rings. The van der Waals surface area contributed by atoms with Crippen molar-refractivity contribution in [3.63, 3.8) is 0 Å². The summed E-state index contributed by atoms with van der Waals surface area (Å²) in [6.07, 6.45) is 3.04. The lowest BCUT2D eigenvalue weighted by Gasteiger charge is -2.07. The van der Waals surface area contributed by atoms with Crippen molar-refractivity contribution in [1.82, 2.24) is 15.1 Å². The van der Waals surface area contributed by atoms with E-state index in [1.807, 2.05) is 47.3 Å². The van der Waals surface area contributed by atoms with Crippen molar-refractivity contribution in [2.45, 2.75) is 26.3 Å². The second-order valence-corrected chi connectivity index (χ2v) is 6.30. The lowest BCUT2D eigenvalue weighted by atomic mass is 10.1. The number of rotatable bonds is 6. The molecular formula is C19H20ClN3O. The number of carbonyl (C=O) groups excluding carboxylic acids is 1. The molecule has 5 heteroatoms. The van der Waals surface area contributed by atoms with Crippen LogP contribution in [0.2, 0.25) is 5.02 Å². The summed E-state index contributed by atoms with van der Waals surface area (Å²) in [4.78, 5) is 12.0. The largest absolute Gasteiger partial charge is 0.356 e. The van der Waals surface area contributed by atoms with Gasteiger partial charge in [-0.25, -0.2) is 0 Å². The molecule has 24 heavy (non-hydrogen) atoms. The number of nitrogens with zero attached hydrogens (tertiary/aromatic N) is 2. The van der Waals surface area contributed by atoms with Gasteiger partial charge in [0.15, 0.2) is 0 Å². The number of aryl methyl sites for hydroxylation is 2. The fourth-order valence-corrected chi connectivity index (χ4v) is 3.05. The first-order chi connectivity index (χ1) is 11.6. The van der Waals surface area contributed by atoms with Gasteiger partial charge in [-0.05, 0) is 36.6 Å². The number of benzene rings is 2. The zero-order chi connectivity index (χ0) is 16.9. The minimum Gasteiger partial charge on any atom is -0.356 e. The highest BCUT2D eigenvalue weighted by molar-refractivity contribution is 6.30. The highest BCUT2D eigenvalue weighted by atomic mass is 35.5. The van der Waals surface area contributed by atoms with Gasteiger partial charge in [0.1, 0.15) is 0 Å². The zero-order valence-electron chi connectivity index (χ0n) is 13.6. The molecule has 1 amide bonds. The minimum atomic E-state index is 0.0364. The summed E-state index contributed by atoms with van der Waals surface area (Å²) >= 11 is 5.96. The van der Waals surface area contributed by atoms with Gasteiger partial charge in [-0.15, -0.1) is 0 Å². The molecule has 0 aliphatic rings. The van der Waals surface area contributed by atoms with Gasteiger partial charge in [-0.3, -0.25) is 9.48 Å². The maximum atomic E-state index is 12.0. The molecule has 4 nitrogen and oxygen atoms in total. The molecular weight excluding hydrogens is 322 g/mol. The Kier molecular flexibility index (Phi) is 5.16. The van der Waals surface area contributed by atoms with E-state index in [1.54, 1.807) is 0 Å². The van der Waals surface area contributed by atoms with Gasteiger partial charge in [0.05, 0.1) is 18.3 Å². The van der Waals surface area contributed by atoms with E-state index >= 15 is 0 Å². The number of hydrogen-bond acceptors (Lipinski definition) is 2. The van der Waals surface area contributed by atoms with Crippen LogP contribution in [0.15, 0.2) is 48.7 Å². The standard InChI is InChI=1S/C19H20ClN3O/c1-14-4-2-6-16-13-22-23(19(14)16)11-9-18(24)21-10-8-15-5-3-7-17(20)12-15/h2-7,12-13H,8-11H2,1H3,(H,21,24). The molecule has 1 heterocycles. The maximum absolute atomic E-state index is 12.0. The molecule has 3 aromatic rings. The number of amides is 1. The second kappa shape index (κ2) is 7.49. The molecule has 0 atom stereocenters. The van der Waals surface area contributed by atoms with E-state index in [0.717, 1.165) is 27.9 Å². The van der Waals surface area contributed by atoms with Crippen LogP contribution in [0.5, 0.6) is 0 Å². The van der Waals surface area contributed by atoms with Crippen molar-refractivity contribution in [2.75, 3.05) is 6.54 Å². The van der Waals surface area contributed by atoms with Gasteiger partial charge in [-0.1, -0.05) is 41.9 Å². The van der Waals surface area contributed by atoms with Gasteiger partial charge in [0.2, 0.25) is 5.91 Å². The zero-order valence-corrected chi connectivity index (χ0v) is 14.4. The van der Waals surface area contributed by atoms with E-state index in [2.05, 4.69) is 23.4 Å². The molecule has 0 unspecified atom stereocenters. The van der Waals surface area contributed by atoms with Crippen LogP contribution >= 0.6 is 11.6 Å². The predicted octanol–water partition coefficient (Wildman–Crippen LogP) is 3.75. The van der Waals surface area contributed by atoms with Crippen LogP contribution in [-0.2, 0) is 17.8 Å². The van der Waals surface area contributed by atoms with E-state index in [0.29, 0.717) is 19.5 Å². The summed E-state index contributed by atoms with van der Waals surface area (Å²) in [5.74, 6) is 0.0364. The first kappa shape index (κ1) is 16.5. The second-order valence-electron chi connectivity index (χ2n) is 5.86. The third-order valence-corrected chi connectivity index (χ3v) is 4.27. The Morgan fingerprint density at radius 2 is 2.08 bits per heavy atom. The quantitative estimate of drug-likeness (QED) is 0.742. The average Bonchev–Trinajstić information content (AvgIpc) is 2.98. The van der Waals surface area contributed by atoms with Gasteiger partial charge < -0.3 is 5.32 Å². The van der Waals surface area contributed by atoms with Crippen molar-refractivity contribution in [3.05, 3.63) is 64.8 Å². The van der Waals surface area contributed by atoms with E-state index in [9.17, 15) is 4.79 Å². The van der Waals surface area contributed by atoms with E-state index in [-0.39, 0.29) is 5.91 Å². The number of halogens is 1. The molecule has 0 saturated carbocycles. The van der Waals surface area contributed by atoms with Crippen LogP contribution in [0.1, 0.15) is 17.5 Å². The van der Waals surface area contributed by atoms with Gasteiger partial charge in [-0.2, -0.15) is 5.10 Å². The predicted molar refractivity (Wildman–Crippen MR) is 97.3 cm³/mol. The smallest absolute Gasteiger partial charge is 0.221 e. The first-order valence-corrected chi connectivity index (χ1v) is 8.43. The van der Waals surface area contributed by atoms with Crippen LogP contribution < -0.4 is 5.32 Å². The Labute approximate surface area is 146 Å². The highest BCUT2D eigenvalue weighted by Gasteiger charge is 2.07. The number of hydrogen-bond donors (Lipinski definition) is 1. The fraction of sp³-hybridized carbons (Fsp3) is 0.263. The van der Waals surface area contributed by atoms with Crippen LogP contribution in [0.25, 0.3) is 10.9 Å². The molecule has 0 aliphatic carbocycles. The maximum Gasteiger partial charge on any atom is 0.221 e. The molecule has 0 spiro atoms. The summed E-state index contributed by atoms with van der Waals surface area (Å²) in [5, 5.41) is 9.17. The number of para-hydroxylation sites is 1. The molecule has 0 aliphatic heterocycles. The Hall–Kier alpha value is -2.33. The van der Waals surface area contributed by atoms with Crippen LogP contribution in [0.3, 0.4) is 0 Å². The van der Waals surface area contributed by atoms with Gasteiger partial charge >= 0.3 is 0 Å². The molecule has 0 bridgehead atoms. The van der Waals surface area contributed by atoms with Crippen molar-refractivity contribution >= 4 is 28.4 Å². The van der Waals surface area contributed by atoms with Gasteiger partial charge in [0, 0.05) is 23.4 Å². The SMILES string of the molecule is Cc1cccc2cnn(CCC(=O)NCCc3cccc(Cl)c3)c12. The number of aromatic nitrogens is 2. The fourth-order valence-electron chi connectivity index (χ4n) is 2.83. The van der Waals surface area contributed by atoms with E-state index in [4.69, 9.17) is 11.6 Å². The molecule has 124 valence electrons. The summed E-state index contributed by atoms with van der Waals surface area (Å²) in [5.41, 5.74) is 3.40. The number of nitrogens with one attached hydrogen (secondary N) is 1. The van der Waals surface area contributed by atoms with Crippen molar-refractivity contribution in [2.24, 2.45) is 0 Å². The third-order valence-electron chi connectivity index (χ3n) is 4.04. The normalized spacial score (nSPS) is 10.9. The molecule has 1 aromatic heterocycles. The summed E-state index contributed by atoms with van der Waals surface area (Å²) in [7, 11) is 0. The third kappa shape index (κ3) is 3.95. The van der Waals surface area contributed by atoms with Crippen LogP contribution in [-0.4, -0.2) is 22.2 Å². The van der Waals surface area contributed by atoms with Crippen LogP contribution in [0, 0.1) is 6.92 Å². The average molecular weight is 342 g/mol. The lowest BCUT2D eigenvalue weighted by molar-refractivity contribution is -0.121. The van der Waals surface area contributed by atoms with E-state index < -0.39 is 0 Å². The molecule has 0 radical (unpaired) electrons. The Bertz CT molecular complexity index is 857. The summed E-state index contributed by atoms with van der Waals surface area (Å²) < 4.78 is 1.90. The lowest BCUT2D eigenvalue weighted by Crippen LogP contribution is -2.26. The van der Waals surface area contributed by atoms with Crippen LogP contribution in [0.4, 0.5) is 0 Å². The molecule has 2 aromatic carbocycles. The number of fused-ring (bicyclic) bond motifs is 1. The van der Waals surface area contributed by atoms with E-state index in [1.165, 1.54) is 5.56 Å². The van der Waals surface area contributed by atoms with Crippen molar-refractivity contribution < 1.29 is 4.79 Å². The molecule has 3 rings (SSSR count). The number of carbonyl (C=O) groups is 1.